The van der Waals surface area contributed by atoms with Gasteiger partial charge in [-0.15, -0.1) is 10.2 Å². The van der Waals surface area contributed by atoms with Crippen LogP contribution in [0.25, 0.3) is 0 Å². The number of carbonyl (C=O) groups is 2. The minimum absolute atomic E-state index is 0.0464. The fourth-order valence-electron chi connectivity index (χ4n) is 3.45. The molecule has 5 rings (SSSR count). The Labute approximate surface area is 225 Å². The third kappa shape index (κ3) is 6.30. The highest BCUT2D eigenvalue weighted by Crippen LogP contribution is 2.32. The van der Waals surface area contributed by atoms with Gasteiger partial charge in [-0.2, -0.15) is 4.31 Å². The van der Waals surface area contributed by atoms with Crippen molar-refractivity contribution in [2.75, 3.05) is 31.6 Å². The minimum atomic E-state index is -3.70. The first-order valence-electron chi connectivity index (χ1n) is 11.6. The fraction of sp³-hybridized carbons (Fsp3) is 0.348. The monoisotopic (exact) mass is 578 g/mol. The molecule has 0 bridgehead atoms. The number of rotatable bonds is 9. The highest BCUT2D eigenvalue weighted by atomic mass is 32.2. The number of sulfonamides is 1. The molecule has 12 nitrogen and oxygen atoms in total. The molecular weight excluding hydrogens is 556 g/mol. The molecule has 1 saturated heterocycles. The van der Waals surface area contributed by atoms with Gasteiger partial charge in [-0.25, -0.2) is 13.2 Å². The van der Waals surface area contributed by atoms with Gasteiger partial charge in [0.25, 0.3) is 0 Å². The first kappa shape index (κ1) is 26.5. The maximum atomic E-state index is 12.7. The molecule has 0 spiro atoms. The number of nitrogens with one attached hydrogen (secondary N) is 1. The number of ether oxygens (including phenoxy) is 2. The first-order valence-corrected chi connectivity index (χ1v) is 14.8. The summed E-state index contributed by atoms with van der Waals surface area (Å²) in [4.78, 5) is 36.8. The number of esters is 1. The van der Waals surface area contributed by atoms with Gasteiger partial charge in [-0.1, -0.05) is 23.1 Å². The van der Waals surface area contributed by atoms with Crippen molar-refractivity contribution in [3.05, 3.63) is 58.1 Å². The van der Waals surface area contributed by atoms with Gasteiger partial charge in [0.1, 0.15) is 12.0 Å². The van der Waals surface area contributed by atoms with Crippen LogP contribution in [0.5, 0.6) is 5.75 Å². The third-order valence-corrected chi connectivity index (χ3v) is 9.58. The average Bonchev–Trinajstić information content (AvgIpc) is 3.69. The molecule has 2 fully saturated rings. The first-order chi connectivity index (χ1) is 18.3. The van der Waals surface area contributed by atoms with E-state index in [9.17, 15) is 22.8 Å². The molecule has 1 N–H and O–H groups in total. The van der Waals surface area contributed by atoms with Crippen LogP contribution in [-0.4, -0.2) is 61.1 Å². The summed E-state index contributed by atoms with van der Waals surface area (Å²) in [5, 5.41) is 11.1. The van der Waals surface area contributed by atoms with Crippen LogP contribution in [0.2, 0.25) is 0 Å². The highest BCUT2D eigenvalue weighted by Gasteiger charge is 2.30. The summed E-state index contributed by atoms with van der Waals surface area (Å²) in [6.07, 6.45) is 2.83. The van der Waals surface area contributed by atoms with Crippen molar-refractivity contribution in [2.45, 2.75) is 27.8 Å². The Morgan fingerprint density at radius 1 is 1.16 bits per heavy atom. The molecule has 38 heavy (non-hydrogen) atoms. The maximum Gasteiger partial charge on any atom is 0.343 e. The Morgan fingerprint density at radius 2 is 1.89 bits per heavy atom. The molecule has 1 aliphatic carbocycles. The average molecular weight is 579 g/mol. The van der Waals surface area contributed by atoms with Crippen LogP contribution in [-0.2, 0) is 25.3 Å². The molecule has 3 heterocycles. The van der Waals surface area contributed by atoms with E-state index in [0.29, 0.717) is 28.4 Å². The fourth-order valence-corrected chi connectivity index (χ4v) is 6.50. The van der Waals surface area contributed by atoms with E-state index in [-0.39, 0.29) is 46.9 Å². The van der Waals surface area contributed by atoms with Gasteiger partial charge in [0, 0.05) is 25.1 Å². The summed E-state index contributed by atoms with van der Waals surface area (Å²) in [5.41, 5.74) is -0.479. The van der Waals surface area contributed by atoms with E-state index in [2.05, 4.69) is 15.5 Å². The molecule has 15 heteroatoms. The summed E-state index contributed by atoms with van der Waals surface area (Å²) in [6, 6.07) is 6.50. The van der Waals surface area contributed by atoms with Crippen molar-refractivity contribution in [1.82, 2.24) is 14.5 Å². The number of thioether (sulfide) groups is 1. The minimum Gasteiger partial charge on any atom is -0.464 e. The van der Waals surface area contributed by atoms with E-state index in [0.717, 1.165) is 19.1 Å². The van der Waals surface area contributed by atoms with Crippen LogP contribution >= 0.6 is 23.1 Å². The molecule has 1 aromatic carbocycles. The smallest absolute Gasteiger partial charge is 0.343 e. The predicted octanol–water partition coefficient (Wildman–Crippen LogP) is 2.37. The zero-order valence-electron chi connectivity index (χ0n) is 19.8. The molecule has 200 valence electrons. The number of nitrogens with zero attached hydrogens (tertiary/aromatic N) is 3. The quantitative estimate of drug-likeness (QED) is 0.226. The van der Waals surface area contributed by atoms with Gasteiger partial charge in [0.2, 0.25) is 32.2 Å². The van der Waals surface area contributed by atoms with E-state index in [1.165, 1.54) is 57.7 Å². The number of benzene rings is 1. The second-order valence-corrected chi connectivity index (χ2v) is 12.6. The van der Waals surface area contributed by atoms with Crippen molar-refractivity contribution >= 4 is 50.1 Å². The van der Waals surface area contributed by atoms with Crippen molar-refractivity contribution < 1.29 is 31.9 Å². The number of aromatic nitrogens is 2. The summed E-state index contributed by atoms with van der Waals surface area (Å²) in [7, 11) is -3.70. The van der Waals surface area contributed by atoms with Crippen LogP contribution < -0.4 is 15.5 Å². The van der Waals surface area contributed by atoms with Gasteiger partial charge in [-0.05, 0) is 37.1 Å². The molecule has 1 aliphatic heterocycles. The second-order valence-electron chi connectivity index (χ2n) is 8.43. The lowest BCUT2D eigenvalue weighted by Gasteiger charge is -2.26. The van der Waals surface area contributed by atoms with Gasteiger partial charge in [-0.3, -0.25) is 9.59 Å². The van der Waals surface area contributed by atoms with Crippen LogP contribution in [0.15, 0.2) is 55.0 Å². The number of hydrogen-bond acceptors (Lipinski definition) is 12. The topological polar surface area (TPSA) is 158 Å². The largest absolute Gasteiger partial charge is 0.464 e. The normalized spacial score (nSPS) is 16.2. The van der Waals surface area contributed by atoms with E-state index < -0.39 is 21.4 Å². The van der Waals surface area contributed by atoms with Crippen molar-refractivity contribution in [3.8, 4) is 5.75 Å². The van der Waals surface area contributed by atoms with Gasteiger partial charge < -0.3 is 19.2 Å². The summed E-state index contributed by atoms with van der Waals surface area (Å²) in [6.45, 7) is 1.17. The molecule has 0 atom stereocenters. The van der Waals surface area contributed by atoms with Crippen molar-refractivity contribution in [2.24, 2.45) is 5.92 Å². The van der Waals surface area contributed by atoms with Gasteiger partial charge in [0.15, 0.2) is 4.34 Å². The van der Waals surface area contributed by atoms with Crippen LogP contribution in [0.4, 0.5) is 5.13 Å². The molecule has 3 aromatic rings. The van der Waals surface area contributed by atoms with Crippen LogP contribution in [0.3, 0.4) is 0 Å². The lowest BCUT2D eigenvalue weighted by molar-refractivity contribution is -0.117. The highest BCUT2D eigenvalue weighted by molar-refractivity contribution is 8.00. The summed E-state index contributed by atoms with van der Waals surface area (Å²) in [5.74, 6) is -0.515. The van der Waals surface area contributed by atoms with Crippen LogP contribution in [0.1, 0.15) is 29.0 Å². The van der Waals surface area contributed by atoms with Gasteiger partial charge in [0.05, 0.1) is 29.4 Å². The predicted molar refractivity (Wildman–Crippen MR) is 137 cm³/mol. The molecule has 0 radical (unpaired) electrons. The summed E-state index contributed by atoms with van der Waals surface area (Å²) >= 11 is 2.50. The molecule has 2 aliphatic rings. The SMILES string of the molecule is O=C(Oc1coc(CSc2nnc(NC(=O)C3CC3)s2)cc1=O)c1ccc(S(=O)(=O)N2CCOCC2)cc1. The zero-order chi connectivity index (χ0) is 26.7. The maximum absolute atomic E-state index is 12.7. The number of hydrogen-bond donors (Lipinski definition) is 1. The Bertz CT molecular complexity index is 1490. The molecule has 0 unspecified atom stereocenters. The Balaban J connectivity index is 1.16. The van der Waals surface area contributed by atoms with E-state index in [4.69, 9.17) is 13.9 Å². The van der Waals surface area contributed by atoms with Crippen molar-refractivity contribution in [1.29, 1.82) is 0 Å². The Kier molecular flexibility index (Phi) is 7.90. The van der Waals surface area contributed by atoms with Crippen molar-refractivity contribution in [3.63, 3.8) is 0 Å². The number of amides is 1. The van der Waals surface area contributed by atoms with E-state index >= 15 is 0 Å². The standard InChI is InChI=1S/C23H22N4O8S3/c28-18-11-16(13-36-23-26-25-22(37-23)24-20(29)14-1-2-14)34-12-19(18)35-21(30)15-3-5-17(6-4-15)38(31,32)27-7-9-33-10-8-27/h3-6,11-12,14H,1-2,7-10,13H2,(H,24,25,29). The number of anilines is 1. The van der Waals surface area contributed by atoms with E-state index in [1.54, 1.807) is 0 Å². The Morgan fingerprint density at radius 3 is 2.58 bits per heavy atom. The summed E-state index contributed by atoms with van der Waals surface area (Å²) < 4.78 is 43.2. The lowest BCUT2D eigenvalue weighted by atomic mass is 10.2. The second kappa shape index (κ2) is 11.3. The van der Waals surface area contributed by atoms with E-state index in [1.807, 2.05) is 0 Å². The molecule has 2 aromatic heterocycles. The molecular formula is C23H22N4O8S3. The van der Waals surface area contributed by atoms with Crippen LogP contribution in [0, 0.1) is 5.92 Å². The third-order valence-electron chi connectivity index (χ3n) is 5.68. The lowest BCUT2D eigenvalue weighted by Crippen LogP contribution is -2.40. The molecule has 1 amide bonds. The number of carbonyl (C=O) groups excluding carboxylic acids is 2. The zero-order valence-corrected chi connectivity index (χ0v) is 22.3. The van der Waals surface area contributed by atoms with Gasteiger partial charge >= 0.3 is 5.97 Å². The molecule has 1 saturated carbocycles. The Hall–Kier alpha value is -3.11. The number of morpholine rings is 1.